The van der Waals surface area contributed by atoms with Crippen LogP contribution >= 0.6 is 0 Å². The van der Waals surface area contributed by atoms with Gasteiger partial charge in [0.05, 0.1) is 0 Å². The number of rotatable bonds is 2. The third-order valence-electron chi connectivity index (χ3n) is 2.76. The topological polar surface area (TPSA) is 70.6 Å². The van der Waals surface area contributed by atoms with Crippen LogP contribution in [0.1, 0.15) is 10.4 Å². The van der Waals surface area contributed by atoms with Gasteiger partial charge in [-0.1, -0.05) is 3.89 Å². The Morgan fingerprint density at radius 2 is 1.72 bits per heavy atom. The van der Waals surface area contributed by atoms with Crippen molar-refractivity contribution in [2.24, 2.45) is 0 Å². The molecule has 6 nitrogen and oxygen atoms in total. The van der Waals surface area contributed by atoms with Gasteiger partial charge in [0.2, 0.25) is 0 Å². The average Bonchev–Trinajstić information content (AvgIpc) is 2.38. The van der Waals surface area contributed by atoms with Crippen molar-refractivity contribution in [1.82, 2.24) is 14.2 Å². The summed E-state index contributed by atoms with van der Waals surface area (Å²) in [6, 6.07) is 3.17. The monoisotopic (exact) mass is 273 g/mol. The highest BCUT2D eigenvalue weighted by Crippen LogP contribution is 2.11. The smallest absolute Gasteiger partial charge is 0.336 e. The predicted octanol–water partition coefficient (Wildman–Crippen LogP) is 0.0537. The Hall–Kier alpha value is -1.54. The second-order valence-corrected chi connectivity index (χ2v) is 5.21. The molecule has 1 aromatic rings. The third-order valence-corrected chi connectivity index (χ3v) is 3.74. The molecule has 8 heteroatoms. The largest absolute Gasteiger partial charge is 0.374 e. The number of hydrogen-bond donors (Lipinski definition) is 0. The maximum Gasteiger partial charge on any atom is 0.374 e. The van der Waals surface area contributed by atoms with E-state index in [2.05, 4.69) is 4.98 Å². The van der Waals surface area contributed by atoms with E-state index in [1.54, 1.807) is 12.1 Å². The molecular weight excluding hydrogens is 261 g/mol. The number of piperazine rings is 1. The summed E-state index contributed by atoms with van der Waals surface area (Å²) >= 11 is 0. The first-order valence-electron chi connectivity index (χ1n) is 5.37. The van der Waals surface area contributed by atoms with E-state index in [0.717, 1.165) is 4.31 Å². The molecule has 0 atom stereocenters. The standard InChI is InChI=1S/C10H12FN3O3S/c11-18(16,17)14-7-5-13(6-8-14)10(15)9-1-3-12-4-2-9/h1-4H,5-8H2. The van der Waals surface area contributed by atoms with E-state index in [4.69, 9.17) is 0 Å². The van der Waals surface area contributed by atoms with Crippen LogP contribution in [0.25, 0.3) is 0 Å². The maximum atomic E-state index is 12.7. The third kappa shape index (κ3) is 2.82. The minimum atomic E-state index is -4.65. The Kier molecular flexibility index (Phi) is 3.58. The predicted molar refractivity (Wildman–Crippen MR) is 61.7 cm³/mol. The highest BCUT2D eigenvalue weighted by molar-refractivity contribution is 7.83. The normalized spacial score (nSPS) is 17.7. The Morgan fingerprint density at radius 1 is 1.17 bits per heavy atom. The SMILES string of the molecule is O=C(c1ccncc1)N1CCN(S(=O)(=O)F)CC1. The van der Waals surface area contributed by atoms with Gasteiger partial charge in [0, 0.05) is 44.1 Å². The summed E-state index contributed by atoms with van der Waals surface area (Å²) in [5, 5.41) is 0. The lowest BCUT2D eigenvalue weighted by atomic mass is 10.2. The first kappa shape index (κ1) is 12.9. The minimum absolute atomic E-state index is 0.0182. The van der Waals surface area contributed by atoms with Crippen LogP contribution in [0.15, 0.2) is 24.5 Å². The van der Waals surface area contributed by atoms with E-state index < -0.39 is 10.4 Å². The summed E-state index contributed by atoms with van der Waals surface area (Å²) in [5.74, 6) is -0.201. The molecule has 1 aliphatic rings. The van der Waals surface area contributed by atoms with Gasteiger partial charge >= 0.3 is 10.4 Å². The van der Waals surface area contributed by atoms with E-state index in [-0.39, 0.29) is 32.1 Å². The molecule has 0 bridgehead atoms. The molecule has 0 spiro atoms. The molecular formula is C10H12FN3O3S. The zero-order valence-electron chi connectivity index (χ0n) is 9.49. The summed E-state index contributed by atoms with van der Waals surface area (Å²) in [6.45, 7) is 0.333. The molecule has 0 saturated carbocycles. The molecule has 1 fully saturated rings. The molecule has 1 aromatic heterocycles. The Labute approximate surface area is 104 Å². The average molecular weight is 273 g/mol. The second kappa shape index (κ2) is 4.99. The summed E-state index contributed by atoms with van der Waals surface area (Å²) in [4.78, 5) is 17.3. The highest BCUT2D eigenvalue weighted by atomic mass is 32.3. The van der Waals surface area contributed by atoms with E-state index in [1.807, 2.05) is 0 Å². The van der Waals surface area contributed by atoms with Crippen molar-refractivity contribution in [3.05, 3.63) is 30.1 Å². The summed E-state index contributed by atoms with van der Waals surface area (Å²) in [5.41, 5.74) is 0.488. The zero-order chi connectivity index (χ0) is 13.2. The van der Waals surface area contributed by atoms with Gasteiger partial charge in [-0.2, -0.15) is 12.7 Å². The lowest BCUT2D eigenvalue weighted by molar-refractivity contribution is 0.0695. The molecule has 1 saturated heterocycles. The molecule has 98 valence electrons. The van der Waals surface area contributed by atoms with Crippen molar-refractivity contribution in [2.75, 3.05) is 26.2 Å². The van der Waals surface area contributed by atoms with Gasteiger partial charge in [-0.15, -0.1) is 0 Å². The van der Waals surface area contributed by atoms with Crippen molar-refractivity contribution in [3.63, 3.8) is 0 Å². The molecule has 1 amide bonds. The quantitative estimate of drug-likeness (QED) is 0.714. The van der Waals surface area contributed by atoms with Crippen LogP contribution in [0.4, 0.5) is 3.89 Å². The molecule has 0 radical (unpaired) electrons. The number of pyridine rings is 1. The first-order chi connectivity index (χ1) is 8.48. The van der Waals surface area contributed by atoms with Crippen molar-refractivity contribution >= 4 is 16.3 Å². The molecule has 2 rings (SSSR count). The van der Waals surface area contributed by atoms with Crippen LogP contribution in [0, 0.1) is 0 Å². The zero-order valence-corrected chi connectivity index (χ0v) is 10.3. The number of nitrogens with zero attached hydrogens (tertiary/aromatic N) is 3. The van der Waals surface area contributed by atoms with E-state index in [0.29, 0.717) is 5.56 Å². The number of aromatic nitrogens is 1. The fourth-order valence-electron chi connectivity index (χ4n) is 1.79. The fraction of sp³-hybridized carbons (Fsp3) is 0.400. The van der Waals surface area contributed by atoms with Gasteiger partial charge < -0.3 is 4.90 Å². The van der Waals surface area contributed by atoms with Crippen LogP contribution in [0.3, 0.4) is 0 Å². The summed E-state index contributed by atoms with van der Waals surface area (Å²) in [7, 11) is -4.65. The van der Waals surface area contributed by atoms with Gasteiger partial charge in [0.15, 0.2) is 0 Å². The van der Waals surface area contributed by atoms with Gasteiger partial charge in [-0.3, -0.25) is 9.78 Å². The van der Waals surface area contributed by atoms with Crippen LogP contribution in [0.5, 0.6) is 0 Å². The number of carbonyl (C=O) groups excluding carboxylic acids is 1. The van der Waals surface area contributed by atoms with E-state index >= 15 is 0 Å². The van der Waals surface area contributed by atoms with E-state index in [9.17, 15) is 17.1 Å². The number of hydrogen-bond acceptors (Lipinski definition) is 4. The molecule has 0 N–H and O–H groups in total. The lowest BCUT2D eigenvalue weighted by Gasteiger charge is -2.31. The fourth-order valence-corrected chi connectivity index (χ4v) is 2.39. The van der Waals surface area contributed by atoms with E-state index in [1.165, 1.54) is 17.3 Å². The minimum Gasteiger partial charge on any atom is -0.336 e. The molecule has 1 aliphatic heterocycles. The molecule has 0 aromatic carbocycles. The lowest BCUT2D eigenvalue weighted by Crippen LogP contribution is -2.49. The number of carbonyl (C=O) groups is 1. The molecule has 0 aliphatic carbocycles. The van der Waals surface area contributed by atoms with Gasteiger partial charge in [-0.05, 0) is 12.1 Å². The Balaban J connectivity index is 2.01. The van der Waals surface area contributed by atoms with Gasteiger partial charge in [0.1, 0.15) is 0 Å². The van der Waals surface area contributed by atoms with Crippen molar-refractivity contribution in [1.29, 1.82) is 0 Å². The van der Waals surface area contributed by atoms with Crippen LogP contribution < -0.4 is 0 Å². The molecule has 18 heavy (non-hydrogen) atoms. The van der Waals surface area contributed by atoms with Crippen molar-refractivity contribution < 1.29 is 17.1 Å². The second-order valence-electron chi connectivity index (χ2n) is 3.87. The highest BCUT2D eigenvalue weighted by Gasteiger charge is 2.28. The maximum absolute atomic E-state index is 12.7. The van der Waals surface area contributed by atoms with Gasteiger partial charge in [0.25, 0.3) is 5.91 Å². The molecule has 2 heterocycles. The van der Waals surface area contributed by atoms with Crippen molar-refractivity contribution in [3.8, 4) is 0 Å². The summed E-state index contributed by atoms with van der Waals surface area (Å²) < 4.78 is 34.8. The van der Waals surface area contributed by atoms with Crippen LogP contribution in [-0.4, -0.2) is 54.7 Å². The number of amides is 1. The Morgan fingerprint density at radius 3 is 2.22 bits per heavy atom. The summed E-state index contributed by atoms with van der Waals surface area (Å²) in [6.07, 6.45) is 3.02. The van der Waals surface area contributed by atoms with Crippen LogP contribution in [-0.2, 0) is 10.4 Å². The molecule has 0 unspecified atom stereocenters. The first-order valence-corrected chi connectivity index (χ1v) is 6.71. The van der Waals surface area contributed by atoms with Gasteiger partial charge in [-0.25, -0.2) is 0 Å². The van der Waals surface area contributed by atoms with Crippen LogP contribution in [0.2, 0.25) is 0 Å². The van der Waals surface area contributed by atoms with Crippen molar-refractivity contribution in [2.45, 2.75) is 0 Å². The Bertz CT molecular complexity index is 527. The number of halogens is 1.